The summed E-state index contributed by atoms with van der Waals surface area (Å²) in [6.45, 7) is 5.68. The number of amides is 1. The van der Waals surface area contributed by atoms with Crippen molar-refractivity contribution in [1.82, 2.24) is 19.9 Å². The molecule has 1 amide bonds. The highest BCUT2D eigenvalue weighted by atomic mass is 16.2. The van der Waals surface area contributed by atoms with Crippen molar-refractivity contribution in [1.29, 1.82) is 0 Å². The summed E-state index contributed by atoms with van der Waals surface area (Å²) < 4.78 is 0. The number of aryl methyl sites for hydroxylation is 1. The lowest BCUT2D eigenvalue weighted by molar-refractivity contribution is 0.0740. The third-order valence-corrected chi connectivity index (χ3v) is 5.00. The van der Waals surface area contributed by atoms with Crippen LogP contribution in [-0.4, -0.2) is 51.9 Å². The minimum Gasteiger partial charge on any atom is -0.368 e. The lowest BCUT2D eigenvalue weighted by Gasteiger charge is -2.36. The molecule has 0 bridgehead atoms. The fourth-order valence-corrected chi connectivity index (χ4v) is 3.38. The molecule has 2 aromatic heterocycles. The van der Waals surface area contributed by atoms with Crippen LogP contribution in [0.1, 0.15) is 21.6 Å². The Kier molecular flexibility index (Phi) is 5.65. The first-order valence-electron chi connectivity index (χ1n) is 9.75. The number of benzene rings is 1. The van der Waals surface area contributed by atoms with Crippen LogP contribution in [0.15, 0.2) is 61.2 Å². The van der Waals surface area contributed by atoms with Gasteiger partial charge in [0.05, 0.1) is 12.4 Å². The number of pyridine rings is 1. The average molecular weight is 388 g/mol. The third kappa shape index (κ3) is 4.68. The average Bonchev–Trinajstić information content (AvgIpc) is 2.78. The molecule has 1 fully saturated rings. The zero-order valence-electron chi connectivity index (χ0n) is 16.5. The molecule has 3 heterocycles. The third-order valence-electron chi connectivity index (χ3n) is 5.00. The molecule has 0 aliphatic carbocycles. The summed E-state index contributed by atoms with van der Waals surface area (Å²) in [4.78, 5) is 29.6. The smallest absolute Gasteiger partial charge is 0.274 e. The summed E-state index contributed by atoms with van der Waals surface area (Å²) >= 11 is 0. The van der Waals surface area contributed by atoms with E-state index in [0.29, 0.717) is 31.1 Å². The summed E-state index contributed by atoms with van der Waals surface area (Å²) in [6, 6.07) is 12.3. The molecule has 7 nitrogen and oxygen atoms in total. The highest BCUT2D eigenvalue weighted by Gasteiger charge is 2.23. The molecule has 0 radical (unpaired) electrons. The fourth-order valence-electron chi connectivity index (χ4n) is 3.38. The van der Waals surface area contributed by atoms with Crippen molar-refractivity contribution in [2.24, 2.45) is 0 Å². The van der Waals surface area contributed by atoms with Gasteiger partial charge in [-0.15, -0.1) is 0 Å². The van der Waals surface area contributed by atoms with Crippen LogP contribution in [-0.2, 0) is 6.54 Å². The van der Waals surface area contributed by atoms with Crippen LogP contribution in [0.5, 0.6) is 0 Å². The highest BCUT2D eigenvalue weighted by molar-refractivity contribution is 5.92. The second-order valence-corrected chi connectivity index (χ2v) is 7.12. The zero-order valence-corrected chi connectivity index (χ0v) is 16.5. The normalized spacial score (nSPS) is 14.0. The Morgan fingerprint density at radius 1 is 1.03 bits per heavy atom. The molecule has 0 unspecified atom stereocenters. The monoisotopic (exact) mass is 388 g/mol. The van der Waals surface area contributed by atoms with E-state index in [2.05, 4.69) is 56.4 Å². The van der Waals surface area contributed by atoms with E-state index in [9.17, 15) is 4.79 Å². The topological polar surface area (TPSA) is 74.2 Å². The van der Waals surface area contributed by atoms with Gasteiger partial charge in [0.1, 0.15) is 11.5 Å². The second-order valence-electron chi connectivity index (χ2n) is 7.12. The molecular formula is C22H24N6O. The van der Waals surface area contributed by atoms with Gasteiger partial charge in [-0.25, -0.2) is 9.97 Å². The van der Waals surface area contributed by atoms with Crippen LogP contribution < -0.4 is 10.2 Å². The van der Waals surface area contributed by atoms with Gasteiger partial charge >= 0.3 is 0 Å². The predicted octanol–water partition coefficient (Wildman–Crippen LogP) is 2.75. The van der Waals surface area contributed by atoms with Crippen LogP contribution in [0.4, 0.5) is 11.5 Å². The number of hydrogen-bond acceptors (Lipinski definition) is 6. The molecule has 148 valence electrons. The van der Waals surface area contributed by atoms with Gasteiger partial charge in [-0.05, 0) is 36.2 Å². The van der Waals surface area contributed by atoms with Gasteiger partial charge in [-0.1, -0.05) is 18.2 Å². The van der Waals surface area contributed by atoms with Gasteiger partial charge in [-0.2, -0.15) is 0 Å². The number of piperazine rings is 1. The first-order chi connectivity index (χ1) is 14.2. The van der Waals surface area contributed by atoms with Crippen molar-refractivity contribution in [3.63, 3.8) is 0 Å². The molecule has 1 N–H and O–H groups in total. The lowest BCUT2D eigenvalue weighted by Crippen LogP contribution is -2.49. The van der Waals surface area contributed by atoms with Crippen molar-refractivity contribution in [3.8, 4) is 0 Å². The number of nitrogens with one attached hydrogen (secondary N) is 1. The van der Waals surface area contributed by atoms with Crippen molar-refractivity contribution < 1.29 is 4.79 Å². The number of carbonyl (C=O) groups is 1. The zero-order chi connectivity index (χ0) is 20.1. The molecule has 0 spiro atoms. The minimum absolute atomic E-state index is 0.0693. The number of nitrogens with zero attached hydrogens (tertiary/aromatic N) is 5. The first kappa shape index (κ1) is 18.9. The number of carbonyl (C=O) groups excluding carboxylic acids is 1. The van der Waals surface area contributed by atoms with E-state index in [1.54, 1.807) is 24.8 Å². The Morgan fingerprint density at radius 3 is 2.59 bits per heavy atom. The molecule has 1 aromatic carbocycles. The maximum atomic E-state index is 12.8. The molecule has 0 atom stereocenters. The Labute approximate surface area is 170 Å². The van der Waals surface area contributed by atoms with Gasteiger partial charge in [-0.3, -0.25) is 9.78 Å². The van der Waals surface area contributed by atoms with E-state index in [4.69, 9.17) is 0 Å². The standard InChI is InChI=1S/C22H24N6O/c1-17-4-2-6-19(12-17)27-8-10-28(11-9-27)22(29)20-15-26-21(16-24-20)25-14-18-5-3-7-23-13-18/h2-7,12-13,15-16H,8-11,14H2,1H3,(H,25,26). The maximum Gasteiger partial charge on any atom is 0.274 e. The molecule has 29 heavy (non-hydrogen) atoms. The highest BCUT2D eigenvalue weighted by Crippen LogP contribution is 2.18. The van der Waals surface area contributed by atoms with Crippen LogP contribution in [0.25, 0.3) is 0 Å². The Morgan fingerprint density at radius 2 is 1.90 bits per heavy atom. The summed E-state index contributed by atoms with van der Waals surface area (Å²) in [7, 11) is 0. The van der Waals surface area contributed by atoms with E-state index in [1.165, 1.54) is 11.3 Å². The van der Waals surface area contributed by atoms with Gasteiger partial charge in [0.25, 0.3) is 5.91 Å². The van der Waals surface area contributed by atoms with Gasteiger partial charge in [0.2, 0.25) is 0 Å². The molecule has 0 saturated carbocycles. The van der Waals surface area contributed by atoms with E-state index in [0.717, 1.165) is 18.7 Å². The predicted molar refractivity (Wildman–Crippen MR) is 113 cm³/mol. The van der Waals surface area contributed by atoms with E-state index in [1.807, 2.05) is 17.0 Å². The van der Waals surface area contributed by atoms with Gasteiger partial charge < -0.3 is 15.1 Å². The second kappa shape index (κ2) is 8.68. The summed E-state index contributed by atoms with van der Waals surface area (Å²) in [5, 5.41) is 3.19. The number of rotatable bonds is 5. The molecule has 1 aliphatic rings. The summed E-state index contributed by atoms with van der Waals surface area (Å²) in [5.41, 5.74) is 3.89. The van der Waals surface area contributed by atoms with Gasteiger partial charge in [0.15, 0.2) is 0 Å². The minimum atomic E-state index is -0.0693. The summed E-state index contributed by atoms with van der Waals surface area (Å²) in [6.07, 6.45) is 6.69. The van der Waals surface area contributed by atoms with Crippen LogP contribution >= 0.6 is 0 Å². The molecule has 4 rings (SSSR count). The van der Waals surface area contributed by atoms with E-state index >= 15 is 0 Å². The molecule has 3 aromatic rings. The van der Waals surface area contributed by atoms with Crippen molar-refractivity contribution in [2.75, 3.05) is 36.4 Å². The van der Waals surface area contributed by atoms with Crippen LogP contribution in [0.2, 0.25) is 0 Å². The van der Waals surface area contributed by atoms with Gasteiger partial charge in [0, 0.05) is 50.8 Å². The van der Waals surface area contributed by atoms with Crippen molar-refractivity contribution >= 4 is 17.4 Å². The van der Waals surface area contributed by atoms with Crippen LogP contribution in [0.3, 0.4) is 0 Å². The maximum absolute atomic E-state index is 12.8. The largest absolute Gasteiger partial charge is 0.368 e. The van der Waals surface area contributed by atoms with Crippen molar-refractivity contribution in [3.05, 3.63) is 78.0 Å². The fraction of sp³-hybridized carbons (Fsp3) is 0.273. The molecular weight excluding hydrogens is 364 g/mol. The number of anilines is 2. The molecule has 7 heteroatoms. The Bertz CT molecular complexity index is 953. The van der Waals surface area contributed by atoms with Crippen molar-refractivity contribution in [2.45, 2.75) is 13.5 Å². The number of aromatic nitrogens is 3. The van der Waals surface area contributed by atoms with E-state index in [-0.39, 0.29) is 5.91 Å². The molecule has 1 aliphatic heterocycles. The Balaban J connectivity index is 1.31. The van der Waals surface area contributed by atoms with E-state index < -0.39 is 0 Å². The first-order valence-corrected chi connectivity index (χ1v) is 9.75. The quantitative estimate of drug-likeness (QED) is 0.724. The SMILES string of the molecule is Cc1cccc(N2CCN(C(=O)c3cnc(NCc4cccnc4)cn3)CC2)c1. The lowest BCUT2D eigenvalue weighted by atomic mass is 10.2. The number of hydrogen-bond donors (Lipinski definition) is 1. The Hall–Kier alpha value is -3.48. The summed E-state index contributed by atoms with van der Waals surface area (Å²) in [5.74, 6) is 0.565. The molecule has 1 saturated heterocycles. The van der Waals surface area contributed by atoms with Crippen LogP contribution in [0, 0.1) is 6.92 Å².